The second-order valence-corrected chi connectivity index (χ2v) is 6.08. The Morgan fingerprint density at radius 2 is 2.22 bits per heavy atom. The number of rotatable bonds is 3. The molecule has 1 aromatic carbocycles. The van der Waals surface area contributed by atoms with Crippen LogP contribution in [0.5, 0.6) is 0 Å². The Hall–Kier alpha value is -0.780. The van der Waals surface area contributed by atoms with Crippen molar-refractivity contribution in [2.24, 2.45) is 0 Å². The van der Waals surface area contributed by atoms with Gasteiger partial charge in [-0.1, -0.05) is 15.9 Å². The maximum atomic E-state index is 9.88. The zero-order valence-electron chi connectivity index (χ0n) is 10.8. The molecule has 3 N–H and O–H groups in total. The van der Waals surface area contributed by atoms with Gasteiger partial charge in [0.05, 0.1) is 17.5 Å². The van der Waals surface area contributed by atoms with Crippen LogP contribution in [-0.4, -0.2) is 49.3 Å². The van der Waals surface area contributed by atoms with Gasteiger partial charge in [0.2, 0.25) is 0 Å². The zero-order chi connectivity index (χ0) is 13.3. The van der Waals surface area contributed by atoms with Crippen LogP contribution in [0.15, 0.2) is 22.7 Å². The molecule has 18 heavy (non-hydrogen) atoms. The van der Waals surface area contributed by atoms with E-state index in [-0.39, 0.29) is 6.10 Å². The Kier molecular flexibility index (Phi) is 4.14. The highest BCUT2D eigenvalue weighted by Crippen LogP contribution is 2.32. The van der Waals surface area contributed by atoms with Crippen molar-refractivity contribution >= 4 is 27.3 Å². The van der Waals surface area contributed by atoms with E-state index in [2.05, 4.69) is 25.7 Å². The molecule has 5 heteroatoms. The maximum Gasteiger partial charge on any atom is 0.0735 e. The molecule has 1 aliphatic rings. The SMILES string of the molecule is CN(C)CC1CC(O)CN1c1ccc(Br)cc1N. The highest BCUT2D eigenvalue weighted by molar-refractivity contribution is 9.10. The summed E-state index contributed by atoms with van der Waals surface area (Å²) in [6, 6.07) is 6.23. The van der Waals surface area contributed by atoms with E-state index in [9.17, 15) is 5.11 Å². The van der Waals surface area contributed by atoms with Gasteiger partial charge < -0.3 is 20.6 Å². The van der Waals surface area contributed by atoms with Gasteiger partial charge in [0.15, 0.2) is 0 Å². The van der Waals surface area contributed by atoms with E-state index in [1.807, 2.05) is 32.3 Å². The summed E-state index contributed by atoms with van der Waals surface area (Å²) in [5.41, 5.74) is 7.84. The monoisotopic (exact) mass is 313 g/mol. The average Bonchev–Trinajstić information content (AvgIpc) is 2.58. The smallest absolute Gasteiger partial charge is 0.0735 e. The van der Waals surface area contributed by atoms with Crippen LogP contribution < -0.4 is 10.6 Å². The number of likely N-dealkylation sites (N-methyl/N-ethyl adjacent to an activating group) is 1. The summed E-state index contributed by atoms with van der Waals surface area (Å²) in [5, 5.41) is 9.88. The van der Waals surface area contributed by atoms with E-state index in [4.69, 9.17) is 5.73 Å². The van der Waals surface area contributed by atoms with Crippen molar-refractivity contribution in [3.05, 3.63) is 22.7 Å². The van der Waals surface area contributed by atoms with Crippen molar-refractivity contribution in [1.82, 2.24) is 4.90 Å². The summed E-state index contributed by atoms with van der Waals surface area (Å²) in [4.78, 5) is 4.36. The average molecular weight is 314 g/mol. The molecular weight excluding hydrogens is 294 g/mol. The number of hydrogen-bond acceptors (Lipinski definition) is 4. The number of aliphatic hydroxyl groups is 1. The first-order valence-corrected chi connectivity index (χ1v) is 6.91. The third kappa shape index (κ3) is 2.96. The van der Waals surface area contributed by atoms with Crippen LogP contribution in [0.2, 0.25) is 0 Å². The van der Waals surface area contributed by atoms with Crippen LogP contribution in [0.25, 0.3) is 0 Å². The summed E-state index contributed by atoms with van der Waals surface area (Å²) in [5.74, 6) is 0. The molecule has 0 spiro atoms. The highest BCUT2D eigenvalue weighted by Gasteiger charge is 2.32. The number of nitrogens with two attached hydrogens (primary N) is 1. The van der Waals surface area contributed by atoms with Gasteiger partial charge in [-0.05, 0) is 38.7 Å². The van der Waals surface area contributed by atoms with Gasteiger partial charge in [0.25, 0.3) is 0 Å². The van der Waals surface area contributed by atoms with Crippen molar-refractivity contribution in [3.63, 3.8) is 0 Å². The molecule has 1 aromatic rings. The lowest BCUT2D eigenvalue weighted by Crippen LogP contribution is -2.37. The first-order chi connectivity index (χ1) is 8.47. The number of anilines is 2. The minimum absolute atomic E-state index is 0.266. The second-order valence-electron chi connectivity index (χ2n) is 5.16. The molecule has 2 unspecified atom stereocenters. The Morgan fingerprint density at radius 1 is 1.50 bits per heavy atom. The predicted molar refractivity (Wildman–Crippen MR) is 78.9 cm³/mol. The van der Waals surface area contributed by atoms with Gasteiger partial charge in [0, 0.05) is 23.6 Å². The third-order valence-electron chi connectivity index (χ3n) is 3.27. The number of β-amino-alcohol motifs (C(OH)–C–C–N with tert-alkyl or cyclic N) is 1. The topological polar surface area (TPSA) is 52.7 Å². The van der Waals surface area contributed by atoms with Gasteiger partial charge >= 0.3 is 0 Å². The molecule has 2 atom stereocenters. The fourth-order valence-corrected chi connectivity index (χ4v) is 2.95. The molecule has 1 saturated heterocycles. The molecule has 100 valence electrons. The third-order valence-corrected chi connectivity index (χ3v) is 3.76. The standard InChI is InChI=1S/C13H20BrN3O/c1-16(2)7-10-6-11(18)8-17(10)13-4-3-9(14)5-12(13)15/h3-5,10-11,18H,6-8,15H2,1-2H3. The first kappa shape index (κ1) is 13.6. The van der Waals surface area contributed by atoms with Crippen LogP contribution >= 0.6 is 15.9 Å². The minimum atomic E-state index is -0.266. The summed E-state index contributed by atoms with van der Waals surface area (Å²) >= 11 is 3.42. The first-order valence-electron chi connectivity index (χ1n) is 6.12. The van der Waals surface area contributed by atoms with Gasteiger partial charge in [-0.25, -0.2) is 0 Å². The second kappa shape index (κ2) is 5.47. The number of nitrogen functional groups attached to an aromatic ring is 1. The van der Waals surface area contributed by atoms with Crippen molar-refractivity contribution in [3.8, 4) is 0 Å². The maximum absolute atomic E-state index is 9.88. The van der Waals surface area contributed by atoms with Gasteiger partial charge in [-0.3, -0.25) is 0 Å². The molecule has 1 fully saturated rings. The van der Waals surface area contributed by atoms with Crippen LogP contribution in [0.4, 0.5) is 11.4 Å². The summed E-state index contributed by atoms with van der Waals surface area (Å²) in [6.45, 7) is 1.58. The van der Waals surface area contributed by atoms with Crippen LogP contribution in [0.1, 0.15) is 6.42 Å². The van der Waals surface area contributed by atoms with Crippen molar-refractivity contribution in [1.29, 1.82) is 0 Å². The van der Waals surface area contributed by atoms with E-state index in [1.165, 1.54) is 0 Å². The fraction of sp³-hybridized carbons (Fsp3) is 0.538. The zero-order valence-corrected chi connectivity index (χ0v) is 12.4. The predicted octanol–water partition coefficient (Wildman–Crippen LogP) is 1.53. The molecule has 0 bridgehead atoms. The summed E-state index contributed by atoms with van der Waals surface area (Å²) in [6.07, 6.45) is 0.534. The van der Waals surface area contributed by atoms with Crippen molar-refractivity contribution in [2.45, 2.75) is 18.6 Å². The quantitative estimate of drug-likeness (QED) is 0.831. The highest BCUT2D eigenvalue weighted by atomic mass is 79.9. The van der Waals surface area contributed by atoms with Crippen LogP contribution in [0, 0.1) is 0 Å². The molecule has 1 heterocycles. The molecule has 0 aliphatic carbocycles. The number of nitrogens with zero attached hydrogens (tertiary/aromatic N) is 2. The fourth-order valence-electron chi connectivity index (χ4n) is 2.57. The number of halogens is 1. The Balaban J connectivity index is 2.24. The van der Waals surface area contributed by atoms with Crippen LogP contribution in [0.3, 0.4) is 0 Å². The van der Waals surface area contributed by atoms with Gasteiger partial charge in [-0.15, -0.1) is 0 Å². The molecule has 1 aliphatic heterocycles. The largest absolute Gasteiger partial charge is 0.397 e. The van der Waals surface area contributed by atoms with Gasteiger partial charge in [0.1, 0.15) is 0 Å². The molecule has 0 amide bonds. The van der Waals surface area contributed by atoms with E-state index >= 15 is 0 Å². The van der Waals surface area contributed by atoms with E-state index < -0.39 is 0 Å². The lowest BCUT2D eigenvalue weighted by atomic mass is 10.1. The van der Waals surface area contributed by atoms with E-state index in [0.29, 0.717) is 12.6 Å². The van der Waals surface area contributed by atoms with E-state index in [1.54, 1.807) is 0 Å². The molecular formula is C13H20BrN3O. The number of benzene rings is 1. The molecule has 4 nitrogen and oxygen atoms in total. The summed E-state index contributed by atoms with van der Waals surface area (Å²) < 4.78 is 0.979. The van der Waals surface area contributed by atoms with Crippen molar-refractivity contribution in [2.75, 3.05) is 37.8 Å². The van der Waals surface area contributed by atoms with Crippen molar-refractivity contribution < 1.29 is 5.11 Å². The van der Waals surface area contributed by atoms with Gasteiger partial charge in [-0.2, -0.15) is 0 Å². The van der Waals surface area contributed by atoms with E-state index in [0.717, 1.165) is 28.8 Å². The Bertz CT molecular complexity index is 425. The van der Waals surface area contributed by atoms with Crippen LogP contribution in [-0.2, 0) is 0 Å². The number of aliphatic hydroxyl groups excluding tert-OH is 1. The molecule has 0 saturated carbocycles. The normalized spacial score (nSPS) is 23.9. The summed E-state index contributed by atoms with van der Waals surface area (Å²) in [7, 11) is 4.10. The number of hydrogen-bond donors (Lipinski definition) is 2. The minimum Gasteiger partial charge on any atom is -0.397 e. The molecule has 2 rings (SSSR count). The lowest BCUT2D eigenvalue weighted by molar-refractivity contribution is 0.191. The molecule has 0 radical (unpaired) electrons. The Labute approximate surface area is 117 Å². The Morgan fingerprint density at radius 3 is 2.83 bits per heavy atom. The lowest BCUT2D eigenvalue weighted by Gasteiger charge is -2.29. The molecule has 0 aromatic heterocycles.